The van der Waals surface area contributed by atoms with Crippen LogP contribution in [0.2, 0.25) is 10.0 Å². The summed E-state index contributed by atoms with van der Waals surface area (Å²) < 4.78 is 5.87. The van der Waals surface area contributed by atoms with Crippen molar-refractivity contribution in [1.82, 2.24) is 15.3 Å². The average molecular weight is 483 g/mol. The molecule has 2 fully saturated rings. The Kier molecular flexibility index (Phi) is 5.86. The van der Waals surface area contributed by atoms with Gasteiger partial charge < -0.3 is 21.1 Å². The van der Waals surface area contributed by atoms with Crippen molar-refractivity contribution in [2.75, 3.05) is 24.1 Å². The molecule has 0 radical (unpaired) electrons. The van der Waals surface area contributed by atoms with E-state index in [9.17, 15) is 0 Å². The molecule has 1 saturated carbocycles. The van der Waals surface area contributed by atoms with Gasteiger partial charge in [0.25, 0.3) is 0 Å². The van der Waals surface area contributed by atoms with Crippen LogP contribution in [0.15, 0.2) is 48.9 Å². The van der Waals surface area contributed by atoms with Crippen molar-refractivity contribution in [1.29, 1.82) is 5.41 Å². The summed E-state index contributed by atoms with van der Waals surface area (Å²) in [6.45, 7) is 2.43. The van der Waals surface area contributed by atoms with Crippen molar-refractivity contribution in [3.8, 4) is 5.75 Å². The minimum absolute atomic E-state index is 0.178. The van der Waals surface area contributed by atoms with E-state index >= 15 is 0 Å². The number of halogens is 2. The lowest BCUT2D eigenvalue weighted by Crippen LogP contribution is -2.63. The first kappa shape index (κ1) is 21.9. The maximum atomic E-state index is 8.66. The number of hydrogen-bond acceptors (Lipinski definition) is 7. The molecule has 5 rings (SSSR count). The number of nitrogen functional groups attached to an aromatic ring is 1. The Morgan fingerprint density at radius 2 is 1.91 bits per heavy atom. The number of nitrogens with one attached hydrogen (secondary N) is 3. The van der Waals surface area contributed by atoms with Crippen LogP contribution >= 0.6 is 23.2 Å². The Labute approximate surface area is 202 Å². The van der Waals surface area contributed by atoms with Crippen LogP contribution in [0.25, 0.3) is 0 Å². The predicted molar refractivity (Wildman–Crippen MR) is 132 cm³/mol. The van der Waals surface area contributed by atoms with Crippen LogP contribution in [-0.2, 0) is 6.61 Å². The third-order valence-corrected chi connectivity index (χ3v) is 7.04. The molecule has 0 bridgehead atoms. The fourth-order valence-corrected chi connectivity index (χ4v) is 4.89. The Morgan fingerprint density at radius 3 is 2.55 bits per heavy atom. The van der Waals surface area contributed by atoms with Crippen LogP contribution < -0.4 is 21.1 Å². The van der Waals surface area contributed by atoms with E-state index < -0.39 is 0 Å². The summed E-state index contributed by atoms with van der Waals surface area (Å²) in [4.78, 5) is 8.46. The first-order valence-corrected chi connectivity index (χ1v) is 11.5. The SMILES string of the molecule is N=C(c1ccc(NC2CC3(CNC3)C2)nc1)c1cc(OCc2c(Cl)cncc2Cl)ccc1N. The quantitative estimate of drug-likeness (QED) is 0.291. The molecule has 1 saturated heterocycles. The number of nitrogens with zero attached hydrogens (tertiary/aromatic N) is 2. The van der Waals surface area contributed by atoms with Gasteiger partial charge in [0, 0.05) is 60.1 Å². The number of ether oxygens (including phenoxy) is 1. The first-order valence-electron chi connectivity index (χ1n) is 10.8. The van der Waals surface area contributed by atoms with Gasteiger partial charge in [-0.25, -0.2) is 4.98 Å². The molecule has 0 atom stereocenters. The number of rotatable bonds is 7. The third-order valence-electron chi connectivity index (χ3n) is 6.39. The molecule has 7 nitrogen and oxygen atoms in total. The molecule has 2 aromatic heterocycles. The van der Waals surface area contributed by atoms with E-state index in [-0.39, 0.29) is 12.3 Å². The Morgan fingerprint density at radius 1 is 1.15 bits per heavy atom. The number of nitrogens with two attached hydrogens (primary N) is 1. The normalized spacial score (nSPS) is 16.7. The minimum atomic E-state index is 0.178. The van der Waals surface area contributed by atoms with Crippen molar-refractivity contribution in [3.63, 3.8) is 0 Å². The second kappa shape index (κ2) is 8.82. The van der Waals surface area contributed by atoms with Gasteiger partial charge in [-0.05, 0) is 48.6 Å². The lowest BCUT2D eigenvalue weighted by molar-refractivity contribution is 0.0469. The first-order chi connectivity index (χ1) is 15.9. The summed E-state index contributed by atoms with van der Waals surface area (Å²) in [5.74, 6) is 1.39. The molecule has 0 unspecified atom stereocenters. The standard InChI is InChI=1S/C24H24Cl2N6O/c25-19-9-29-10-20(26)18(19)11-33-16-2-3-21(27)17(5-16)23(28)14-1-4-22(31-8-14)32-15-6-24(7-15)12-30-13-24/h1-5,8-10,15,28,30H,6-7,11-13,27H2,(H,31,32). The molecular formula is C24H24Cl2N6O. The topological polar surface area (TPSA) is 109 Å². The van der Waals surface area contributed by atoms with Gasteiger partial charge in [0.15, 0.2) is 0 Å². The molecule has 3 heterocycles. The summed E-state index contributed by atoms with van der Waals surface area (Å²) in [7, 11) is 0. The van der Waals surface area contributed by atoms with Crippen LogP contribution in [0.5, 0.6) is 5.75 Å². The van der Waals surface area contributed by atoms with Gasteiger partial charge >= 0.3 is 0 Å². The van der Waals surface area contributed by atoms with Crippen molar-refractivity contribution in [2.45, 2.75) is 25.5 Å². The summed E-state index contributed by atoms with van der Waals surface area (Å²) >= 11 is 12.3. The van der Waals surface area contributed by atoms with E-state index in [0.717, 1.165) is 18.9 Å². The average Bonchev–Trinajstić information content (AvgIpc) is 2.75. The molecule has 2 aliphatic rings. The van der Waals surface area contributed by atoms with E-state index in [0.29, 0.717) is 49.6 Å². The lowest BCUT2D eigenvalue weighted by Gasteiger charge is -2.54. The van der Waals surface area contributed by atoms with Crippen molar-refractivity contribution < 1.29 is 4.74 Å². The Balaban J connectivity index is 1.25. The zero-order valence-electron chi connectivity index (χ0n) is 17.9. The highest BCUT2D eigenvalue weighted by Crippen LogP contribution is 2.45. The molecule has 1 aromatic carbocycles. The van der Waals surface area contributed by atoms with E-state index in [1.807, 2.05) is 12.1 Å². The smallest absolute Gasteiger partial charge is 0.126 e. The monoisotopic (exact) mass is 482 g/mol. The van der Waals surface area contributed by atoms with Crippen LogP contribution in [0.3, 0.4) is 0 Å². The van der Waals surface area contributed by atoms with Gasteiger partial charge in [-0.2, -0.15) is 0 Å². The summed E-state index contributed by atoms with van der Waals surface area (Å²) in [6.07, 6.45) is 7.11. The van der Waals surface area contributed by atoms with Crippen LogP contribution in [0.4, 0.5) is 11.5 Å². The molecule has 1 aliphatic heterocycles. The molecule has 3 aromatic rings. The summed E-state index contributed by atoms with van der Waals surface area (Å²) in [5.41, 5.74) is 9.34. The zero-order chi connectivity index (χ0) is 23.0. The van der Waals surface area contributed by atoms with Crippen LogP contribution in [-0.4, -0.2) is 34.8 Å². The van der Waals surface area contributed by atoms with E-state index in [1.54, 1.807) is 24.4 Å². The minimum Gasteiger partial charge on any atom is -0.489 e. The fourth-order valence-electron chi connectivity index (χ4n) is 4.42. The van der Waals surface area contributed by atoms with Gasteiger partial charge in [-0.1, -0.05) is 23.2 Å². The predicted octanol–water partition coefficient (Wildman–Crippen LogP) is 4.52. The molecular weight excluding hydrogens is 459 g/mol. The molecule has 1 spiro atoms. The Bertz CT molecular complexity index is 1170. The molecule has 170 valence electrons. The second-order valence-corrected chi connectivity index (χ2v) is 9.59. The Hall–Kier alpha value is -2.87. The zero-order valence-corrected chi connectivity index (χ0v) is 19.4. The number of pyridine rings is 2. The van der Waals surface area contributed by atoms with Crippen LogP contribution in [0.1, 0.15) is 29.5 Å². The molecule has 1 aliphatic carbocycles. The molecule has 5 N–H and O–H groups in total. The van der Waals surface area contributed by atoms with Gasteiger partial charge in [-0.15, -0.1) is 0 Å². The highest BCUT2D eigenvalue weighted by atomic mass is 35.5. The van der Waals surface area contributed by atoms with E-state index in [4.69, 9.17) is 39.1 Å². The third kappa shape index (κ3) is 4.49. The van der Waals surface area contributed by atoms with Crippen molar-refractivity contribution in [2.24, 2.45) is 5.41 Å². The van der Waals surface area contributed by atoms with Crippen molar-refractivity contribution in [3.05, 3.63) is 75.7 Å². The van der Waals surface area contributed by atoms with E-state index in [2.05, 4.69) is 20.6 Å². The maximum Gasteiger partial charge on any atom is 0.126 e. The summed E-state index contributed by atoms with van der Waals surface area (Å²) in [5, 5.41) is 16.4. The van der Waals surface area contributed by atoms with Crippen molar-refractivity contribution >= 4 is 40.4 Å². The number of hydrogen-bond donors (Lipinski definition) is 4. The largest absolute Gasteiger partial charge is 0.489 e. The van der Waals surface area contributed by atoms with Gasteiger partial charge in [0.05, 0.1) is 15.8 Å². The molecule has 0 amide bonds. The summed E-state index contributed by atoms with van der Waals surface area (Å²) in [6, 6.07) is 9.49. The van der Waals surface area contributed by atoms with Gasteiger partial charge in [0.1, 0.15) is 18.2 Å². The molecule has 33 heavy (non-hydrogen) atoms. The fraction of sp³-hybridized carbons (Fsp3) is 0.292. The van der Waals surface area contributed by atoms with Gasteiger partial charge in [-0.3, -0.25) is 10.4 Å². The van der Waals surface area contributed by atoms with E-state index in [1.165, 1.54) is 25.2 Å². The number of aromatic nitrogens is 2. The molecule has 9 heteroatoms. The number of anilines is 2. The maximum absolute atomic E-state index is 8.66. The lowest BCUT2D eigenvalue weighted by atomic mass is 9.62. The van der Waals surface area contributed by atoms with Crippen LogP contribution in [0, 0.1) is 10.8 Å². The highest BCUT2D eigenvalue weighted by Gasteiger charge is 2.48. The highest BCUT2D eigenvalue weighted by molar-refractivity contribution is 6.35. The van der Waals surface area contributed by atoms with Gasteiger partial charge in [0.2, 0.25) is 0 Å². The number of benzene rings is 1. The second-order valence-electron chi connectivity index (χ2n) is 8.78.